The normalized spacial score (nSPS) is 15.4. The van der Waals surface area contributed by atoms with E-state index in [2.05, 4.69) is 22.4 Å². The maximum absolute atomic E-state index is 9.18. The minimum Gasteiger partial charge on any atom is -0.393 e. The summed E-state index contributed by atoms with van der Waals surface area (Å²) in [4.78, 5) is 0. The Hall–Kier alpha value is -0.870. The Labute approximate surface area is 84.7 Å². The number of hydrogen-bond acceptors (Lipinski definition) is 3. The lowest BCUT2D eigenvalue weighted by molar-refractivity contribution is 0.170. The molecule has 0 aromatic carbocycles. The van der Waals surface area contributed by atoms with Crippen LogP contribution in [0.3, 0.4) is 0 Å². The fourth-order valence-corrected chi connectivity index (χ4v) is 1.43. The Kier molecular flexibility index (Phi) is 4.10. The maximum atomic E-state index is 9.18. The van der Waals surface area contributed by atoms with E-state index in [1.54, 1.807) is 6.92 Å². The number of nitrogens with one attached hydrogen (secondary N) is 2. The van der Waals surface area contributed by atoms with Gasteiger partial charge in [0.25, 0.3) is 0 Å². The lowest BCUT2D eigenvalue weighted by atomic mass is 10.1. The van der Waals surface area contributed by atoms with Gasteiger partial charge < -0.3 is 10.4 Å². The SMILES string of the molecule is Cc1[nH]ncc1CNC(C)CC(C)O. The van der Waals surface area contributed by atoms with Crippen LogP contribution in [0.25, 0.3) is 0 Å². The summed E-state index contributed by atoms with van der Waals surface area (Å²) >= 11 is 0. The Bertz CT molecular complexity index is 270. The van der Waals surface area contributed by atoms with Crippen LogP contribution >= 0.6 is 0 Å². The molecule has 2 atom stereocenters. The van der Waals surface area contributed by atoms with Crippen molar-refractivity contribution in [3.05, 3.63) is 17.5 Å². The van der Waals surface area contributed by atoms with Gasteiger partial charge in [-0.15, -0.1) is 0 Å². The van der Waals surface area contributed by atoms with Gasteiger partial charge in [0.05, 0.1) is 12.3 Å². The van der Waals surface area contributed by atoms with Gasteiger partial charge in [0, 0.05) is 23.8 Å². The van der Waals surface area contributed by atoms with E-state index in [1.165, 1.54) is 5.56 Å². The van der Waals surface area contributed by atoms with Crippen molar-refractivity contribution in [3.63, 3.8) is 0 Å². The van der Waals surface area contributed by atoms with E-state index in [4.69, 9.17) is 0 Å². The molecule has 0 aliphatic carbocycles. The molecule has 0 spiro atoms. The minimum absolute atomic E-state index is 0.247. The average Bonchev–Trinajstić information content (AvgIpc) is 2.46. The van der Waals surface area contributed by atoms with Crippen LogP contribution in [-0.4, -0.2) is 27.4 Å². The van der Waals surface area contributed by atoms with E-state index in [0.717, 1.165) is 18.7 Å². The van der Waals surface area contributed by atoms with Crippen LogP contribution in [0.5, 0.6) is 0 Å². The van der Waals surface area contributed by atoms with Crippen LogP contribution in [0.4, 0.5) is 0 Å². The number of rotatable bonds is 5. The lowest BCUT2D eigenvalue weighted by Crippen LogP contribution is -2.28. The highest BCUT2D eigenvalue weighted by molar-refractivity contribution is 5.13. The molecule has 0 aliphatic rings. The van der Waals surface area contributed by atoms with Gasteiger partial charge in [-0.05, 0) is 27.2 Å². The second-order valence-corrected chi connectivity index (χ2v) is 3.89. The number of aromatic nitrogens is 2. The molecule has 0 saturated carbocycles. The molecular formula is C10H19N3O. The zero-order chi connectivity index (χ0) is 10.6. The minimum atomic E-state index is -0.247. The van der Waals surface area contributed by atoms with Gasteiger partial charge in [-0.25, -0.2) is 0 Å². The topological polar surface area (TPSA) is 60.9 Å². The van der Waals surface area contributed by atoms with Crippen molar-refractivity contribution in [2.45, 2.75) is 45.9 Å². The highest BCUT2D eigenvalue weighted by Gasteiger charge is 2.06. The third kappa shape index (κ3) is 3.47. The smallest absolute Gasteiger partial charge is 0.0535 e. The van der Waals surface area contributed by atoms with Gasteiger partial charge in [0.2, 0.25) is 0 Å². The van der Waals surface area contributed by atoms with Crippen LogP contribution < -0.4 is 5.32 Å². The third-order valence-electron chi connectivity index (χ3n) is 2.27. The first kappa shape index (κ1) is 11.2. The fourth-order valence-electron chi connectivity index (χ4n) is 1.43. The fraction of sp³-hybridized carbons (Fsp3) is 0.700. The Balaban J connectivity index is 2.30. The molecule has 0 saturated heterocycles. The molecule has 0 fully saturated rings. The highest BCUT2D eigenvalue weighted by Crippen LogP contribution is 2.03. The molecule has 0 radical (unpaired) electrons. The van der Waals surface area contributed by atoms with Crippen LogP contribution in [0.2, 0.25) is 0 Å². The summed E-state index contributed by atoms with van der Waals surface area (Å²) in [6, 6.07) is 0.323. The quantitative estimate of drug-likeness (QED) is 0.659. The summed E-state index contributed by atoms with van der Waals surface area (Å²) in [5.74, 6) is 0. The Morgan fingerprint density at radius 3 is 2.79 bits per heavy atom. The van der Waals surface area contributed by atoms with Gasteiger partial charge in [0.1, 0.15) is 0 Å². The van der Waals surface area contributed by atoms with E-state index < -0.39 is 0 Å². The number of hydrogen-bond donors (Lipinski definition) is 3. The van der Waals surface area contributed by atoms with Gasteiger partial charge in [-0.3, -0.25) is 5.10 Å². The number of aliphatic hydroxyl groups is 1. The second-order valence-electron chi connectivity index (χ2n) is 3.89. The molecule has 0 amide bonds. The molecule has 14 heavy (non-hydrogen) atoms. The molecule has 2 unspecified atom stereocenters. The Morgan fingerprint density at radius 2 is 2.29 bits per heavy atom. The summed E-state index contributed by atoms with van der Waals surface area (Å²) in [7, 11) is 0. The van der Waals surface area contributed by atoms with E-state index in [9.17, 15) is 5.11 Å². The Morgan fingerprint density at radius 1 is 1.57 bits per heavy atom. The third-order valence-corrected chi connectivity index (χ3v) is 2.27. The number of aliphatic hydroxyl groups excluding tert-OH is 1. The molecule has 0 aliphatic heterocycles. The zero-order valence-electron chi connectivity index (χ0n) is 9.04. The predicted octanol–water partition coefficient (Wildman–Crippen LogP) is 0.967. The van der Waals surface area contributed by atoms with Crippen LogP contribution in [0, 0.1) is 6.92 Å². The molecule has 1 rings (SSSR count). The largest absolute Gasteiger partial charge is 0.393 e. The molecule has 4 heteroatoms. The van der Waals surface area contributed by atoms with Crippen molar-refractivity contribution in [1.82, 2.24) is 15.5 Å². The molecule has 1 aromatic rings. The molecule has 1 aromatic heterocycles. The van der Waals surface area contributed by atoms with Crippen molar-refractivity contribution < 1.29 is 5.11 Å². The van der Waals surface area contributed by atoms with E-state index >= 15 is 0 Å². The lowest BCUT2D eigenvalue weighted by Gasteiger charge is -2.14. The first-order valence-electron chi connectivity index (χ1n) is 5.00. The first-order chi connectivity index (χ1) is 6.59. The molecular weight excluding hydrogens is 178 g/mol. The monoisotopic (exact) mass is 197 g/mol. The predicted molar refractivity (Wildman–Crippen MR) is 55.9 cm³/mol. The highest BCUT2D eigenvalue weighted by atomic mass is 16.3. The number of aromatic amines is 1. The molecule has 4 nitrogen and oxygen atoms in total. The van der Waals surface area contributed by atoms with Gasteiger partial charge in [-0.1, -0.05) is 0 Å². The second kappa shape index (κ2) is 5.12. The van der Waals surface area contributed by atoms with Crippen LogP contribution in [0.1, 0.15) is 31.5 Å². The van der Waals surface area contributed by atoms with Crippen LogP contribution in [-0.2, 0) is 6.54 Å². The number of aryl methyl sites for hydroxylation is 1. The van der Waals surface area contributed by atoms with E-state index in [-0.39, 0.29) is 6.10 Å². The van der Waals surface area contributed by atoms with Crippen molar-refractivity contribution >= 4 is 0 Å². The van der Waals surface area contributed by atoms with Crippen molar-refractivity contribution in [2.75, 3.05) is 0 Å². The van der Waals surface area contributed by atoms with Crippen LogP contribution in [0.15, 0.2) is 6.20 Å². The average molecular weight is 197 g/mol. The summed E-state index contributed by atoms with van der Waals surface area (Å²) in [5, 5.41) is 19.4. The summed E-state index contributed by atoms with van der Waals surface area (Å²) in [5.41, 5.74) is 2.28. The first-order valence-corrected chi connectivity index (χ1v) is 5.00. The molecule has 80 valence electrons. The van der Waals surface area contributed by atoms with Gasteiger partial charge in [-0.2, -0.15) is 5.10 Å². The standard InChI is InChI=1S/C10H19N3O/c1-7(4-8(2)14)11-5-10-6-12-13-9(10)3/h6-8,11,14H,4-5H2,1-3H3,(H,12,13). The van der Waals surface area contributed by atoms with Crippen molar-refractivity contribution in [1.29, 1.82) is 0 Å². The molecule has 1 heterocycles. The van der Waals surface area contributed by atoms with Gasteiger partial charge in [0.15, 0.2) is 0 Å². The number of H-pyrrole nitrogens is 1. The summed E-state index contributed by atoms with van der Waals surface area (Å²) < 4.78 is 0. The molecule has 0 bridgehead atoms. The van der Waals surface area contributed by atoms with E-state index in [1.807, 2.05) is 13.1 Å². The number of nitrogens with zero attached hydrogens (tertiary/aromatic N) is 1. The maximum Gasteiger partial charge on any atom is 0.0535 e. The van der Waals surface area contributed by atoms with Crippen molar-refractivity contribution in [3.8, 4) is 0 Å². The van der Waals surface area contributed by atoms with Gasteiger partial charge >= 0.3 is 0 Å². The molecule has 3 N–H and O–H groups in total. The summed E-state index contributed by atoms with van der Waals surface area (Å²) in [6.07, 6.45) is 2.36. The zero-order valence-corrected chi connectivity index (χ0v) is 9.04. The summed E-state index contributed by atoms with van der Waals surface area (Å²) in [6.45, 7) is 6.68. The van der Waals surface area contributed by atoms with E-state index in [0.29, 0.717) is 6.04 Å². The van der Waals surface area contributed by atoms with Crippen molar-refractivity contribution in [2.24, 2.45) is 0 Å².